The van der Waals surface area contributed by atoms with Crippen molar-refractivity contribution in [2.75, 3.05) is 0 Å². The Bertz CT molecular complexity index is 850. The summed E-state index contributed by atoms with van der Waals surface area (Å²) in [5, 5.41) is 0. The molecule has 0 saturated carbocycles. The molecular weight excluding hydrogens is 324 g/mol. The van der Waals surface area contributed by atoms with Crippen LogP contribution in [-0.2, 0) is 10.0 Å². The highest BCUT2D eigenvalue weighted by Gasteiger charge is 2.20. The topological polar surface area (TPSA) is 63.2 Å². The minimum Gasteiger partial charge on any atom is -0.295 e. The molecule has 4 nitrogen and oxygen atoms in total. The normalized spacial score (nSPS) is 12.9. The first-order valence-electron chi connectivity index (χ1n) is 6.79. The molecular formula is C16H15F2NO3S. The summed E-state index contributed by atoms with van der Waals surface area (Å²) < 4.78 is 53.3. The number of nitrogens with one attached hydrogen (secondary N) is 1. The van der Waals surface area contributed by atoms with Gasteiger partial charge in [-0.25, -0.2) is 21.9 Å². The van der Waals surface area contributed by atoms with Gasteiger partial charge in [-0.05, 0) is 43.7 Å². The maximum Gasteiger partial charge on any atom is 0.241 e. The maximum atomic E-state index is 13.2. The van der Waals surface area contributed by atoms with Gasteiger partial charge in [0.25, 0.3) is 0 Å². The van der Waals surface area contributed by atoms with E-state index in [1.165, 1.54) is 44.2 Å². The van der Waals surface area contributed by atoms with Gasteiger partial charge in [0.05, 0.1) is 4.90 Å². The third kappa shape index (κ3) is 4.00. The van der Waals surface area contributed by atoms with Crippen LogP contribution in [0.2, 0.25) is 0 Å². The minimum absolute atomic E-state index is 0.0698. The van der Waals surface area contributed by atoms with E-state index in [0.29, 0.717) is 0 Å². The number of rotatable bonds is 5. The molecule has 7 heteroatoms. The van der Waals surface area contributed by atoms with Crippen LogP contribution in [0.3, 0.4) is 0 Å². The Morgan fingerprint density at radius 1 is 1.09 bits per heavy atom. The van der Waals surface area contributed by atoms with E-state index in [4.69, 9.17) is 0 Å². The number of hydrogen-bond donors (Lipinski definition) is 1. The van der Waals surface area contributed by atoms with Gasteiger partial charge in [0.2, 0.25) is 10.0 Å². The number of benzene rings is 2. The van der Waals surface area contributed by atoms with Gasteiger partial charge in [0, 0.05) is 11.6 Å². The van der Waals surface area contributed by atoms with E-state index in [-0.39, 0.29) is 21.8 Å². The molecule has 2 aromatic rings. The molecule has 0 aliphatic carbocycles. The first-order valence-corrected chi connectivity index (χ1v) is 8.27. The molecule has 2 aromatic carbocycles. The lowest BCUT2D eigenvalue weighted by Crippen LogP contribution is -2.27. The Balaban J connectivity index is 2.28. The number of sulfonamides is 1. The van der Waals surface area contributed by atoms with Crippen molar-refractivity contribution in [3.05, 3.63) is 65.2 Å². The number of Topliss-reactive ketones (excluding diaryl/α,β-unsaturated/α-hetero) is 1. The van der Waals surface area contributed by atoms with E-state index >= 15 is 0 Å². The number of hydrogen-bond acceptors (Lipinski definition) is 3. The summed E-state index contributed by atoms with van der Waals surface area (Å²) in [5.41, 5.74) is 0.559. The van der Waals surface area contributed by atoms with E-state index in [9.17, 15) is 22.0 Å². The fraction of sp³-hybridized carbons (Fsp3) is 0.188. The van der Waals surface area contributed by atoms with Crippen molar-refractivity contribution in [1.29, 1.82) is 0 Å². The number of ketones is 1. The van der Waals surface area contributed by atoms with Crippen LogP contribution in [0.1, 0.15) is 35.8 Å². The second kappa shape index (κ2) is 6.55. The summed E-state index contributed by atoms with van der Waals surface area (Å²) in [5.74, 6) is -2.30. The maximum absolute atomic E-state index is 13.2. The Morgan fingerprint density at radius 2 is 1.78 bits per heavy atom. The highest BCUT2D eigenvalue weighted by Crippen LogP contribution is 2.19. The summed E-state index contributed by atoms with van der Waals surface area (Å²) in [6.45, 7) is 2.85. The molecule has 0 radical (unpaired) electrons. The van der Waals surface area contributed by atoms with E-state index in [0.717, 1.165) is 12.1 Å². The van der Waals surface area contributed by atoms with E-state index in [1.807, 2.05) is 0 Å². The number of halogens is 2. The van der Waals surface area contributed by atoms with Crippen molar-refractivity contribution in [3.8, 4) is 0 Å². The zero-order valence-corrected chi connectivity index (χ0v) is 13.3. The summed E-state index contributed by atoms with van der Waals surface area (Å²) in [6, 6.07) is 8.01. The first kappa shape index (κ1) is 17.2. The quantitative estimate of drug-likeness (QED) is 0.851. The van der Waals surface area contributed by atoms with Crippen LogP contribution < -0.4 is 4.72 Å². The standard InChI is InChI=1S/C16H15F2NO3S/c1-10(12-6-7-15(17)16(18)9-12)19-23(21,22)14-5-3-4-13(8-14)11(2)20/h3-10,19H,1-2H3. The number of carbonyl (C=O) groups excluding carboxylic acids is 1. The molecule has 23 heavy (non-hydrogen) atoms. The molecule has 0 fully saturated rings. The molecule has 0 aliphatic heterocycles. The second-order valence-corrected chi connectivity index (χ2v) is 6.81. The Morgan fingerprint density at radius 3 is 2.39 bits per heavy atom. The van der Waals surface area contributed by atoms with Gasteiger partial charge in [-0.15, -0.1) is 0 Å². The fourth-order valence-corrected chi connectivity index (χ4v) is 3.31. The Kier molecular flexibility index (Phi) is 4.91. The largest absolute Gasteiger partial charge is 0.295 e. The van der Waals surface area contributed by atoms with Crippen LogP contribution in [-0.4, -0.2) is 14.2 Å². The lowest BCUT2D eigenvalue weighted by Gasteiger charge is -2.15. The van der Waals surface area contributed by atoms with Crippen molar-refractivity contribution in [1.82, 2.24) is 4.72 Å². The Hall–Kier alpha value is -2.12. The van der Waals surface area contributed by atoms with Gasteiger partial charge in [-0.2, -0.15) is 0 Å². The highest BCUT2D eigenvalue weighted by molar-refractivity contribution is 7.89. The minimum atomic E-state index is -3.91. The molecule has 1 atom stereocenters. The summed E-state index contributed by atoms with van der Waals surface area (Å²) in [6.07, 6.45) is 0. The van der Waals surface area contributed by atoms with Crippen LogP contribution in [0, 0.1) is 11.6 Å². The van der Waals surface area contributed by atoms with Crippen LogP contribution in [0.15, 0.2) is 47.4 Å². The molecule has 1 N–H and O–H groups in total. The lowest BCUT2D eigenvalue weighted by atomic mass is 10.1. The predicted octanol–water partition coefficient (Wildman–Crippen LogP) is 3.21. The molecule has 0 aromatic heterocycles. The third-order valence-electron chi connectivity index (χ3n) is 3.33. The van der Waals surface area contributed by atoms with Crippen LogP contribution in [0.4, 0.5) is 8.78 Å². The molecule has 2 rings (SSSR count). The predicted molar refractivity (Wildman–Crippen MR) is 81.5 cm³/mol. The molecule has 0 amide bonds. The Labute approximate surface area is 133 Å². The monoisotopic (exact) mass is 339 g/mol. The van der Waals surface area contributed by atoms with E-state index < -0.39 is 27.7 Å². The van der Waals surface area contributed by atoms with Gasteiger partial charge in [-0.3, -0.25) is 4.79 Å². The molecule has 0 saturated heterocycles. The van der Waals surface area contributed by atoms with Gasteiger partial charge in [0.1, 0.15) is 0 Å². The summed E-state index contributed by atoms with van der Waals surface area (Å²) in [4.78, 5) is 11.3. The van der Waals surface area contributed by atoms with Crippen molar-refractivity contribution in [3.63, 3.8) is 0 Å². The van der Waals surface area contributed by atoms with Gasteiger partial charge >= 0.3 is 0 Å². The zero-order valence-electron chi connectivity index (χ0n) is 12.5. The van der Waals surface area contributed by atoms with E-state index in [1.54, 1.807) is 0 Å². The number of carbonyl (C=O) groups is 1. The van der Waals surface area contributed by atoms with E-state index in [2.05, 4.69) is 4.72 Å². The van der Waals surface area contributed by atoms with Crippen molar-refractivity contribution >= 4 is 15.8 Å². The van der Waals surface area contributed by atoms with Crippen molar-refractivity contribution in [2.45, 2.75) is 24.8 Å². The van der Waals surface area contributed by atoms with Gasteiger partial charge in [-0.1, -0.05) is 18.2 Å². The SMILES string of the molecule is CC(=O)c1cccc(S(=O)(=O)NC(C)c2ccc(F)c(F)c2)c1. The molecule has 122 valence electrons. The molecule has 0 spiro atoms. The fourth-order valence-electron chi connectivity index (χ4n) is 2.03. The van der Waals surface area contributed by atoms with Gasteiger partial charge < -0.3 is 0 Å². The average Bonchev–Trinajstić information content (AvgIpc) is 2.49. The third-order valence-corrected chi connectivity index (χ3v) is 4.86. The summed E-state index contributed by atoms with van der Waals surface area (Å²) >= 11 is 0. The highest BCUT2D eigenvalue weighted by atomic mass is 32.2. The van der Waals surface area contributed by atoms with Crippen LogP contribution in [0.5, 0.6) is 0 Å². The smallest absolute Gasteiger partial charge is 0.241 e. The first-order chi connectivity index (χ1) is 10.7. The van der Waals surface area contributed by atoms with Crippen molar-refractivity contribution in [2.24, 2.45) is 0 Å². The summed E-state index contributed by atoms with van der Waals surface area (Å²) in [7, 11) is -3.91. The zero-order chi connectivity index (χ0) is 17.2. The molecule has 0 aliphatic rings. The molecule has 0 bridgehead atoms. The molecule has 1 unspecified atom stereocenters. The van der Waals surface area contributed by atoms with Crippen LogP contribution in [0.25, 0.3) is 0 Å². The molecule has 0 heterocycles. The lowest BCUT2D eigenvalue weighted by molar-refractivity contribution is 0.101. The average molecular weight is 339 g/mol. The van der Waals surface area contributed by atoms with Crippen molar-refractivity contribution < 1.29 is 22.0 Å². The van der Waals surface area contributed by atoms with Crippen LogP contribution >= 0.6 is 0 Å². The second-order valence-electron chi connectivity index (χ2n) is 5.10. The van der Waals surface area contributed by atoms with Gasteiger partial charge in [0.15, 0.2) is 17.4 Å².